The van der Waals surface area contributed by atoms with E-state index in [1.54, 1.807) is 36.9 Å². The Balaban J connectivity index is 2.19. The van der Waals surface area contributed by atoms with Crippen LogP contribution >= 0.6 is 0 Å². The molecule has 0 aliphatic heterocycles. The molecule has 0 unspecified atom stereocenters. The molecule has 0 spiro atoms. The van der Waals surface area contributed by atoms with Crippen molar-refractivity contribution in [3.63, 3.8) is 0 Å². The highest BCUT2D eigenvalue weighted by atomic mass is 16.1. The molecule has 2 rings (SSSR count). The van der Waals surface area contributed by atoms with Crippen molar-refractivity contribution in [1.82, 2.24) is 15.3 Å². The van der Waals surface area contributed by atoms with Gasteiger partial charge in [0.2, 0.25) is 0 Å². The summed E-state index contributed by atoms with van der Waals surface area (Å²) < 4.78 is 0. The largest absolute Gasteiger partial charge is 0.345 e. The highest BCUT2D eigenvalue weighted by Crippen LogP contribution is 2.29. The Morgan fingerprint density at radius 1 is 1.14 bits per heavy atom. The molecule has 110 valence electrons. The molecule has 2 aromatic heterocycles. The molecular weight excluding hydrogens is 262 g/mol. The number of nitrogens with zero attached hydrogens (tertiary/aromatic N) is 2. The van der Waals surface area contributed by atoms with E-state index in [1.807, 2.05) is 12.1 Å². The number of carbonyl (C=O) groups excluding carboxylic acids is 1. The van der Waals surface area contributed by atoms with Gasteiger partial charge in [0.25, 0.3) is 5.91 Å². The van der Waals surface area contributed by atoms with E-state index in [-0.39, 0.29) is 17.4 Å². The zero-order chi connectivity index (χ0) is 15.3. The summed E-state index contributed by atoms with van der Waals surface area (Å²) in [6.07, 6.45) is 7.61. The Kier molecular flexibility index (Phi) is 4.68. The van der Waals surface area contributed by atoms with E-state index in [4.69, 9.17) is 0 Å². The minimum absolute atomic E-state index is 0.0635. The van der Waals surface area contributed by atoms with E-state index < -0.39 is 0 Å². The summed E-state index contributed by atoms with van der Waals surface area (Å²) in [6, 6.07) is 7.34. The second-order valence-corrected chi connectivity index (χ2v) is 6.32. The Labute approximate surface area is 125 Å². The van der Waals surface area contributed by atoms with Gasteiger partial charge in [0, 0.05) is 24.8 Å². The normalized spacial score (nSPS) is 12.7. The second-order valence-electron chi connectivity index (χ2n) is 6.32. The van der Waals surface area contributed by atoms with Crippen LogP contribution in [0.15, 0.2) is 49.1 Å². The van der Waals surface area contributed by atoms with E-state index in [1.165, 1.54) is 0 Å². The molecule has 1 atom stereocenters. The summed E-state index contributed by atoms with van der Waals surface area (Å²) in [6.45, 7) is 6.48. The molecule has 21 heavy (non-hydrogen) atoms. The van der Waals surface area contributed by atoms with Crippen LogP contribution in [0.5, 0.6) is 0 Å². The molecule has 0 fully saturated rings. The topological polar surface area (TPSA) is 54.9 Å². The van der Waals surface area contributed by atoms with Gasteiger partial charge in [0.15, 0.2) is 0 Å². The predicted octanol–water partition coefficient (Wildman–Crippen LogP) is 3.38. The van der Waals surface area contributed by atoms with E-state index in [0.717, 1.165) is 12.0 Å². The average Bonchev–Trinajstić information content (AvgIpc) is 2.47. The minimum Gasteiger partial charge on any atom is -0.345 e. The standard InChI is InChI=1S/C17H21N3O/c1-17(2,3)10-15(13-6-4-8-18-11-13)20-16(21)14-7-5-9-19-12-14/h4-9,11-12,15H,10H2,1-3H3,(H,20,21)/t15-/m0/s1. The van der Waals surface area contributed by atoms with Gasteiger partial charge in [-0.25, -0.2) is 0 Å². The third-order valence-electron chi connectivity index (χ3n) is 3.13. The van der Waals surface area contributed by atoms with Crippen LogP contribution in [0.3, 0.4) is 0 Å². The van der Waals surface area contributed by atoms with Crippen molar-refractivity contribution in [1.29, 1.82) is 0 Å². The number of nitrogens with one attached hydrogen (secondary N) is 1. The van der Waals surface area contributed by atoms with Crippen LogP contribution in [0.4, 0.5) is 0 Å². The number of hydrogen-bond donors (Lipinski definition) is 1. The molecule has 0 radical (unpaired) electrons. The summed E-state index contributed by atoms with van der Waals surface area (Å²) in [5.41, 5.74) is 1.69. The molecule has 0 saturated carbocycles. The lowest BCUT2D eigenvalue weighted by Crippen LogP contribution is -2.31. The van der Waals surface area contributed by atoms with E-state index >= 15 is 0 Å². The van der Waals surface area contributed by atoms with Gasteiger partial charge < -0.3 is 5.32 Å². The number of aromatic nitrogens is 2. The lowest BCUT2D eigenvalue weighted by Gasteiger charge is -2.27. The lowest BCUT2D eigenvalue weighted by molar-refractivity contribution is 0.0926. The van der Waals surface area contributed by atoms with Crippen molar-refractivity contribution in [2.75, 3.05) is 0 Å². The first kappa shape index (κ1) is 15.2. The number of hydrogen-bond acceptors (Lipinski definition) is 3. The first-order valence-corrected chi connectivity index (χ1v) is 7.06. The average molecular weight is 283 g/mol. The quantitative estimate of drug-likeness (QED) is 0.935. The summed E-state index contributed by atoms with van der Waals surface area (Å²) in [5.74, 6) is -0.110. The van der Waals surface area contributed by atoms with Crippen molar-refractivity contribution in [3.8, 4) is 0 Å². The fourth-order valence-corrected chi connectivity index (χ4v) is 2.19. The maximum absolute atomic E-state index is 12.3. The molecule has 1 amide bonds. The monoisotopic (exact) mass is 283 g/mol. The van der Waals surface area contributed by atoms with Crippen LogP contribution in [0, 0.1) is 5.41 Å². The Bertz CT molecular complexity index is 576. The number of pyridine rings is 2. The van der Waals surface area contributed by atoms with Gasteiger partial charge in [-0.1, -0.05) is 26.8 Å². The Morgan fingerprint density at radius 3 is 2.33 bits per heavy atom. The van der Waals surface area contributed by atoms with Gasteiger partial charge in [-0.05, 0) is 35.6 Å². The molecule has 1 N–H and O–H groups in total. The summed E-state index contributed by atoms with van der Waals surface area (Å²) in [7, 11) is 0. The zero-order valence-electron chi connectivity index (χ0n) is 12.7. The molecule has 4 heteroatoms. The smallest absolute Gasteiger partial charge is 0.253 e. The van der Waals surface area contributed by atoms with Crippen molar-refractivity contribution in [2.45, 2.75) is 33.2 Å². The minimum atomic E-state index is -0.110. The van der Waals surface area contributed by atoms with Crippen molar-refractivity contribution in [2.24, 2.45) is 5.41 Å². The number of rotatable bonds is 4. The predicted molar refractivity (Wildman–Crippen MR) is 82.8 cm³/mol. The van der Waals surface area contributed by atoms with Crippen LogP contribution in [0.2, 0.25) is 0 Å². The van der Waals surface area contributed by atoms with E-state index in [9.17, 15) is 4.79 Å². The number of carbonyl (C=O) groups is 1. The van der Waals surface area contributed by atoms with Crippen molar-refractivity contribution < 1.29 is 4.79 Å². The third-order valence-corrected chi connectivity index (χ3v) is 3.13. The van der Waals surface area contributed by atoms with Crippen LogP contribution in [0.25, 0.3) is 0 Å². The van der Waals surface area contributed by atoms with Crippen molar-refractivity contribution >= 4 is 5.91 Å². The Morgan fingerprint density at radius 2 is 1.81 bits per heavy atom. The van der Waals surface area contributed by atoms with Gasteiger partial charge in [-0.2, -0.15) is 0 Å². The van der Waals surface area contributed by atoms with Crippen LogP contribution in [-0.4, -0.2) is 15.9 Å². The van der Waals surface area contributed by atoms with Crippen LogP contribution in [-0.2, 0) is 0 Å². The molecule has 2 heterocycles. The fourth-order valence-electron chi connectivity index (χ4n) is 2.19. The van der Waals surface area contributed by atoms with E-state index in [2.05, 4.69) is 36.1 Å². The van der Waals surface area contributed by atoms with Crippen LogP contribution in [0.1, 0.15) is 49.2 Å². The molecule has 4 nitrogen and oxygen atoms in total. The fraction of sp³-hybridized carbons (Fsp3) is 0.353. The van der Waals surface area contributed by atoms with Crippen LogP contribution < -0.4 is 5.32 Å². The molecule has 0 aliphatic rings. The van der Waals surface area contributed by atoms with Gasteiger partial charge in [-0.3, -0.25) is 14.8 Å². The highest BCUT2D eigenvalue weighted by molar-refractivity contribution is 5.94. The summed E-state index contributed by atoms with van der Waals surface area (Å²) in [5, 5.41) is 3.09. The molecule has 0 aromatic carbocycles. The van der Waals surface area contributed by atoms with Gasteiger partial charge in [0.05, 0.1) is 11.6 Å². The molecule has 2 aromatic rings. The molecule has 0 bridgehead atoms. The van der Waals surface area contributed by atoms with Crippen molar-refractivity contribution in [3.05, 3.63) is 60.2 Å². The first-order valence-electron chi connectivity index (χ1n) is 7.06. The molecular formula is C17H21N3O. The Hall–Kier alpha value is -2.23. The zero-order valence-corrected chi connectivity index (χ0v) is 12.7. The SMILES string of the molecule is CC(C)(C)C[C@H](NC(=O)c1cccnc1)c1cccnc1. The first-order chi connectivity index (χ1) is 9.96. The number of amides is 1. The van der Waals surface area contributed by atoms with E-state index in [0.29, 0.717) is 5.56 Å². The maximum Gasteiger partial charge on any atom is 0.253 e. The summed E-state index contributed by atoms with van der Waals surface area (Å²) >= 11 is 0. The van der Waals surface area contributed by atoms with Gasteiger partial charge in [-0.15, -0.1) is 0 Å². The lowest BCUT2D eigenvalue weighted by atomic mass is 9.85. The van der Waals surface area contributed by atoms with Gasteiger partial charge in [0.1, 0.15) is 0 Å². The summed E-state index contributed by atoms with van der Waals surface area (Å²) in [4.78, 5) is 20.5. The molecule has 0 saturated heterocycles. The maximum atomic E-state index is 12.3. The second kappa shape index (κ2) is 6.48. The molecule has 0 aliphatic carbocycles. The third kappa shape index (κ3) is 4.67. The highest BCUT2D eigenvalue weighted by Gasteiger charge is 2.22. The van der Waals surface area contributed by atoms with Gasteiger partial charge >= 0.3 is 0 Å².